The van der Waals surface area contributed by atoms with Crippen molar-refractivity contribution in [2.24, 2.45) is 0 Å². The monoisotopic (exact) mass is 303 g/mol. The Hall–Kier alpha value is -2.14. The highest BCUT2D eigenvalue weighted by atomic mass is 32.2. The van der Waals surface area contributed by atoms with Gasteiger partial charge in [-0.3, -0.25) is 4.79 Å². The fraction of sp³-hybridized carbons (Fsp3) is 0.188. The van der Waals surface area contributed by atoms with Crippen LogP contribution in [0, 0.1) is 20.8 Å². The van der Waals surface area contributed by atoms with Gasteiger partial charge in [-0.25, -0.2) is 13.1 Å². The van der Waals surface area contributed by atoms with E-state index in [2.05, 4.69) is 4.72 Å². The van der Waals surface area contributed by atoms with E-state index < -0.39 is 15.9 Å². The predicted molar refractivity (Wildman–Crippen MR) is 81.7 cm³/mol. The lowest BCUT2D eigenvalue weighted by atomic mass is 10.0. The van der Waals surface area contributed by atoms with E-state index in [4.69, 9.17) is 0 Å². The first kappa shape index (κ1) is 15.3. The van der Waals surface area contributed by atoms with Crippen LogP contribution in [0.2, 0.25) is 0 Å². The molecule has 1 amide bonds. The molecule has 1 N–H and O–H groups in total. The Morgan fingerprint density at radius 2 is 1.57 bits per heavy atom. The number of hydrogen-bond acceptors (Lipinski definition) is 3. The number of carbonyl (C=O) groups excluding carboxylic acids is 1. The Labute approximate surface area is 124 Å². The first-order valence-electron chi connectivity index (χ1n) is 6.51. The van der Waals surface area contributed by atoms with Crippen molar-refractivity contribution in [3.8, 4) is 0 Å². The van der Waals surface area contributed by atoms with Crippen molar-refractivity contribution in [2.75, 3.05) is 0 Å². The summed E-state index contributed by atoms with van der Waals surface area (Å²) in [5.41, 5.74) is 3.03. The minimum absolute atomic E-state index is 0.0757. The molecule has 0 atom stereocenters. The topological polar surface area (TPSA) is 63.2 Å². The summed E-state index contributed by atoms with van der Waals surface area (Å²) in [4.78, 5) is 12.3. The highest BCUT2D eigenvalue weighted by molar-refractivity contribution is 7.90. The number of hydrogen-bond donors (Lipinski definition) is 1. The molecule has 110 valence electrons. The summed E-state index contributed by atoms with van der Waals surface area (Å²) in [6.45, 7) is 5.54. The summed E-state index contributed by atoms with van der Waals surface area (Å²) >= 11 is 0. The van der Waals surface area contributed by atoms with E-state index >= 15 is 0 Å². The van der Waals surface area contributed by atoms with Crippen LogP contribution in [0.25, 0.3) is 0 Å². The Kier molecular flexibility index (Phi) is 4.14. The molecule has 0 bridgehead atoms. The Morgan fingerprint density at radius 1 is 0.952 bits per heavy atom. The first-order valence-corrected chi connectivity index (χ1v) is 7.99. The van der Waals surface area contributed by atoms with E-state index in [9.17, 15) is 13.2 Å². The molecule has 2 aromatic carbocycles. The maximum atomic E-state index is 12.2. The molecule has 21 heavy (non-hydrogen) atoms. The Morgan fingerprint density at radius 3 is 2.19 bits per heavy atom. The van der Waals surface area contributed by atoms with Crippen molar-refractivity contribution in [3.63, 3.8) is 0 Å². The maximum absolute atomic E-state index is 12.2. The van der Waals surface area contributed by atoms with Gasteiger partial charge in [-0.2, -0.15) is 0 Å². The predicted octanol–water partition coefficient (Wildman–Crippen LogP) is 2.73. The van der Waals surface area contributed by atoms with Gasteiger partial charge >= 0.3 is 0 Å². The van der Waals surface area contributed by atoms with Crippen molar-refractivity contribution in [2.45, 2.75) is 25.7 Å². The number of benzene rings is 2. The highest BCUT2D eigenvalue weighted by Crippen LogP contribution is 2.15. The molecule has 0 aliphatic heterocycles. The van der Waals surface area contributed by atoms with Crippen molar-refractivity contribution >= 4 is 15.9 Å². The van der Waals surface area contributed by atoms with E-state index in [1.54, 1.807) is 31.2 Å². The number of nitrogens with one attached hydrogen (secondary N) is 1. The van der Waals surface area contributed by atoms with Gasteiger partial charge in [-0.05, 0) is 50.1 Å². The molecule has 0 radical (unpaired) electrons. The first-order chi connectivity index (χ1) is 9.81. The second kappa shape index (κ2) is 5.69. The Balaban J connectivity index is 2.30. The van der Waals surface area contributed by atoms with Gasteiger partial charge < -0.3 is 0 Å². The van der Waals surface area contributed by atoms with Crippen molar-refractivity contribution in [1.29, 1.82) is 0 Å². The molecule has 0 saturated carbocycles. The highest BCUT2D eigenvalue weighted by Gasteiger charge is 2.19. The molecule has 0 aromatic heterocycles. The fourth-order valence-electron chi connectivity index (χ4n) is 1.95. The van der Waals surface area contributed by atoms with Crippen molar-refractivity contribution < 1.29 is 13.2 Å². The molecule has 0 aliphatic rings. The summed E-state index contributed by atoms with van der Waals surface area (Å²) in [6.07, 6.45) is 0. The fourth-order valence-corrected chi connectivity index (χ4v) is 2.92. The average Bonchev–Trinajstić information content (AvgIpc) is 2.41. The Bertz CT molecular complexity index is 778. The molecule has 0 heterocycles. The number of aryl methyl sites for hydroxylation is 2. The smallest absolute Gasteiger partial charge is 0.265 e. The molecule has 4 nitrogen and oxygen atoms in total. The lowest BCUT2D eigenvalue weighted by Crippen LogP contribution is -2.31. The molecule has 0 spiro atoms. The minimum atomic E-state index is -3.85. The van der Waals surface area contributed by atoms with Gasteiger partial charge in [0.05, 0.1) is 4.90 Å². The number of amides is 1. The zero-order valence-electron chi connectivity index (χ0n) is 12.2. The van der Waals surface area contributed by atoms with Gasteiger partial charge in [0.25, 0.3) is 15.9 Å². The van der Waals surface area contributed by atoms with Gasteiger partial charge in [-0.15, -0.1) is 0 Å². The van der Waals surface area contributed by atoms with Crippen LogP contribution in [0.5, 0.6) is 0 Å². The third-order valence-electron chi connectivity index (χ3n) is 3.41. The normalized spacial score (nSPS) is 11.2. The van der Waals surface area contributed by atoms with Crippen molar-refractivity contribution in [3.05, 3.63) is 64.7 Å². The molecule has 0 unspecified atom stereocenters. The lowest BCUT2D eigenvalue weighted by Gasteiger charge is -2.10. The zero-order valence-corrected chi connectivity index (χ0v) is 13.0. The molecule has 0 fully saturated rings. The van der Waals surface area contributed by atoms with Crippen LogP contribution in [0.4, 0.5) is 0 Å². The van der Waals surface area contributed by atoms with Gasteiger partial charge in [0.2, 0.25) is 0 Å². The van der Waals surface area contributed by atoms with E-state index in [0.29, 0.717) is 5.56 Å². The van der Waals surface area contributed by atoms with Gasteiger partial charge in [0, 0.05) is 5.56 Å². The number of sulfonamides is 1. The molecular formula is C16H17NO3S. The second-order valence-corrected chi connectivity index (χ2v) is 6.68. The van der Waals surface area contributed by atoms with Crippen LogP contribution in [0.15, 0.2) is 47.4 Å². The molecule has 5 heteroatoms. The van der Waals surface area contributed by atoms with Gasteiger partial charge in [0.1, 0.15) is 0 Å². The summed E-state index contributed by atoms with van der Waals surface area (Å²) in [5.74, 6) is -0.614. The van der Waals surface area contributed by atoms with E-state index in [0.717, 1.165) is 16.7 Å². The zero-order chi connectivity index (χ0) is 15.6. The van der Waals surface area contributed by atoms with E-state index in [-0.39, 0.29) is 4.90 Å². The lowest BCUT2D eigenvalue weighted by molar-refractivity contribution is 0.0980. The molecule has 2 rings (SSSR count). The van der Waals surface area contributed by atoms with Crippen LogP contribution in [-0.2, 0) is 10.0 Å². The van der Waals surface area contributed by atoms with Crippen molar-refractivity contribution in [1.82, 2.24) is 4.72 Å². The van der Waals surface area contributed by atoms with Crippen LogP contribution < -0.4 is 4.72 Å². The molecule has 2 aromatic rings. The van der Waals surface area contributed by atoms with Crippen LogP contribution in [0.1, 0.15) is 27.0 Å². The average molecular weight is 303 g/mol. The third kappa shape index (κ3) is 3.31. The van der Waals surface area contributed by atoms with Crippen LogP contribution in [-0.4, -0.2) is 14.3 Å². The summed E-state index contributed by atoms with van der Waals surface area (Å²) in [6, 6.07) is 11.6. The van der Waals surface area contributed by atoms with Crippen LogP contribution >= 0.6 is 0 Å². The maximum Gasteiger partial charge on any atom is 0.265 e. The SMILES string of the molecule is Cc1ccc(S(=O)(=O)NC(=O)c2cccc(C)c2C)cc1. The molecule has 0 aliphatic carbocycles. The second-order valence-electron chi connectivity index (χ2n) is 5.00. The van der Waals surface area contributed by atoms with E-state index in [1.165, 1.54) is 12.1 Å². The number of carbonyl (C=O) groups is 1. The molecule has 0 saturated heterocycles. The van der Waals surface area contributed by atoms with Gasteiger partial charge in [0.15, 0.2) is 0 Å². The minimum Gasteiger partial charge on any atom is -0.268 e. The summed E-state index contributed by atoms with van der Waals surface area (Å²) in [7, 11) is -3.85. The standard InChI is InChI=1S/C16H17NO3S/c1-11-7-9-14(10-8-11)21(19,20)17-16(18)15-6-4-5-12(2)13(15)3/h4-10H,1-3H3,(H,17,18). The van der Waals surface area contributed by atoms with Gasteiger partial charge in [-0.1, -0.05) is 29.8 Å². The number of rotatable bonds is 3. The quantitative estimate of drug-likeness (QED) is 0.948. The third-order valence-corrected chi connectivity index (χ3v) is 4.75. The van der Waals surface area contributed by atoms with Crippen LogP contribution in [0.3, 0.4) is 0 Å². The summed E-state index contributed by atoms with van der Waals surface area (Å²) < 4.78 is 26.5. The largest absolute Gasteiger partial charge is 0.268 e. The van der Waals surface area contributed by atoms with E-state index in [1.807, 2.05) is 19.9 Å². The molecular weight excluding hydrogens is 286 g/mol. The summed E-state index contributed by atoms with van der Waals surface area (Å²) in [5, 5.41) is 0.